The van der Waals surface area contributed by atoms with Gasteiger partial charge in [-0.3, -0.25) is 0 Å². The topological polar surface area (TPSA) is 12.5 Å². The first kappa shape index (κ1) is 14.8. The van der Waals surface area contributed by atoms with Gasteiger partial charge in [-0.15, -0.1) is 0 Å². The van der Waals surface area contributed by atoms with E-state index in [2.05, 4.69) is 4.90 Å². The molecule has 1 heterocycles. The molecule has 1 aliphatic rings. The number of nitrogens with zero attached hydrogens (tertiary/aromatic N) is 1. The lowest BCUT2D eigenvalue weighted by atomic mass is 10.2. The average Bonchev–Trinajstić information content (AvgIpc) is 3.02. The highest BCUT2D eigenvalue weighted by Gasteiger charge is 2.30. The Morgan fingerprint density at radius 3 is 1.77 bits per heavy atom. The zero-order valence-electron chi connectivity index (χ0n) is 11.9. The van der Waals surface area contributed by atoms with Crippen LogP contribution in [0.15, 0.2) is 48.5 Å². The van der Waals surface area contributed by atoms with Gasteiger partial charge in [0.05, 0.1) is 5.56 Å². The minimum Gasteiger partial charge on any atom is -0.457 e. The Kier molecular flexibility index (Phi) is 3.96. The Bertz CT molecular complexity index is 614. The van der Waals surface area contributed by atoms with Crippen molar-refractivity contribution in [3.05, 3.63) is 54.1 Å². The fraction of sp³-hybridized carbons (Fsp3) is 0.294. The van der Waals surface area contributed by atoms with Crippen molar-refractivity contribution < 1.29 is 17.9 Å². The minimum absolute atomic E-state index is 0.391. The highest BCUT2D eigenvalue weighted by atomic mass is 19.4. The van der Waals surface area contributed by atoms with Crippen molar-refractivity contribution in [1.29, 1.82) is 0 Å². The van der Waals surface area contributed by atoms with Gasteiger partial charge < -0.3 is 9.64 Å². The Morgan fingerprint density at radius 2 is 1.27 bits per heavy atom. The van der Waals surface area contributed by atoms with Crippen LogP contribution < -0.4 is 9.64 Å². The molecule has 0 radical (unpaired) electrons. The van der Waals surface area contributed by atoms with E-state index >= 15 is 0 Å². The van der Waals surface area contributed by atoms with Crippen molar-refractivity contribution in [2.24, 2.45) is 0 Å². The molecule has 2 aromatic rings. The van der Waals surface area contributed by atoms with Crippen LogP contribution in [0.25, 0.3) is 0 Å². The number of anilines is 1. The molecule has 0 atom stereocenters. The van der Waals surface area contributed by atoms with Gasteiger partial charge >= 0.3 is 6.18 Å². The molecule has 0 bridgehead atoms. The molecule has 2 aromatic carbocycles. The van der Waals surface area contributed by atoms with Crippen LogP contribution in [0.1, 0.15) is 18.4 Å². The van der Waals surface area contributed by atoms with Gasteiger partial charge in [-0.25, -0.2) is 0 Å². The predicted molar refractivity (Wildman–Crippen MR) is 79.4 cm³/mol. The standard InChI is InChI=1S/C17H16F3NO/c18-17(19,20)13-3-7-15(8-4-13)22-16-9-5-14(6-10-16)21-11-1-2-12-21/h3-10H,1-2,11-12H2. The fourth-order valence-corrected chi connectivity index (χ4v) is 2.55. The van der Waals surface area contributed by atoms with E-state index in [-0.39, 0.29) is 0 Å². The number of benzene rings is 2. The van der Waals surface area contributed by atoms with E-state index in [4.69, 9.17) is 4.74 Å². The van der Waals surface area contributed by atoms with Crippen LogP contribution in [0.4, 0.5) is 18.9 Å². The van der Waals surface area contributed by atoms with Gasteiger partial charge in [0.1, 0.15) is 11.5 Å². The molecule has 0 amide bonds. The lowest BCUT2D eigenvalue weighted by Gasteiger charge is -2.17. The smallest absolute Gasteiger partial charge is 0.416 e. The van der Waals surface area contributed by atoms with Crippen LogP contribution in [0.5, 0.6) is 11.5 Å². The summed E-state index contributed by atoms with van der Waals surface area (Å²) in [6, 6.07) is 12.3. The Hall–Kier alpha value is -2.17. The first-order valence-electron chi connectivity index (χ1n) is 7.22. The monoisotopic (exact) mass is 307 g/mol. The van der Waals surface area contributed by atoms with E-state index < -0.39 is 11.7 Å². The summed E-state index contributed by atoms with van der Waals surface area (Å²) in [5, 5.41) is 0. The van der Waals surface area contributed by atoms with E-state index in [9.17, 15) is 13.2 Å². The predicted octanol–water partition coefficient (Wildman–Crippen LogP) is 5.10. The lowest BCUT2D eigenvalue weighted by molar-refractivity contribution is -0.137. The van der Waals surface area contributed by atoms with Crippen LogP contribution in [0.2, 0.25) is 0 Å². The van der Waals surface area contributed by atoms with Crippen molar-refractivity contribution in [1.82, 2.24) is 0 Å². The Labute approximate surface area is 127 Å². The number of halogens is 3. The first-order chi connectivity index (χ1) is 10.5. The molecule has 1 aliphatic heterocycles. The van der Waals surface area contributed by atoms with E-state index in [0.29, 0.717) is 11.5 Å². The molecule has 0 N–H and O–H groups in total. The van der Waals surface area contributed by atoms with Gasteiger partial charge in [-0.2, -0.15) is 13.2 Å². The molecule has 5 heteroatoms. The number of alkyl halides is 3. The summed E-state index contributed by atoms with van der Waals surface area (Å²) in [6.45, 7) is 2.14. The van der Waals surface area contributed by atoms with Gasteiger partial charge in [0.25, 0.3) is 0 Å². The zero-order valence-corrected chi connectivity index (χ0v) is 11.9. The summed E-state index contributed by atoms with van der Waals surface area (Å²) >= 11 is 0. The van der Waals surface area contributed by atoms with Crippen molar-refractivity contribution in [3.8, 4) is 11.5 Å². The normalized spacial score (nSPS) is 15.1. The van der Waals surface area contributed by atoms with Crippen LogP contribution in [0, 0.1) is 0 Å². The van der Waals surface area contributed by atoms with Crippen LogP contribution in [0.3, 0.4) is 0 Å². The van der Waals surface area contributed by atoms with Crippen LogP contribution >= 0.6 is 0 Å². The third-order valence-electron chi connectivity index (χ3n) is 3.73. The van der Waals surface area contributed by atoms with E-state index in [1.54, 1.807) is 0 Å². The van der Waals surface area contributed by atoms with Gasteiger partial charge in [-0.05, 0) is 61.4 Å². The molecule has 0 aliphatic carbocycles. The third-order valence-corrected chi connectivity index (χ3v) is 3.73. The summed E-state index contributed by atoms with van der Waals surface area (Å²) < 4.78 is 43.1. The highest BCUT2D eigenvalue weighted by Crippen LogP contribution is 2.32. The molecular formula is C17H16F3NO. The maximum Gasteiger partial charge on any atom is 0.416 e. The lowest BCUT2D eigenvalue weighted by Crippen LogP contribution is -2.17. The van der Waals surface area contributed by atoms with Gasteiger partial charge in [0.2, 0.25) is 0 Å². The molecule has 0 saturated carbocycles. The number of hydrogen-bond donors (Lipinski definition) is 0. The summed E-state index contributed by atoms with van der Waals surface area (Å²) in [5.74, 6) is 1.00. The second-order valence-electron chi connectivity index (χ2n) is 5.31. The Morgan fingerprint density at radius 1 is 0.773 bits per heavy atom. The molecule has 2 nitrogen and oxygen atoms in total. The Balaban J connectivity index is 1.67. The van der Waals surface area contributed by atoms with Crippen molar-refractivity contribution >= 4 is 5.69 Å². The quantitative estimate of drug-likeness (QED) is 0.782. The summed E-state index contributed by atoms with van der Waals surface area (Å²) in [4.78, 5) is 2.31. The first-order valence-corrected chi connectivity index (χ1v) is 7.22. The molecule has 3 rings (SSSR count). The largest absolute Gasteiger partial charge is 0.457 e. The number of ether oxygens (including phenoxy) is 1. The third kappa shape index (κ3) is 3.35. The molecule has 1 saturated heterocycles. The summed E-state index contributed by atoms with van der Waals surface area (Å²) in [5.41, 5.74) is 0.474. The summed E-state index contributed by atoms with van der Waals surface area (Å²) in [6.07, 6.45) is -1.90. The van der Waals surface area contributed by atoms with E-state index in [1.807, 2.05) is 24.3 Å². The van der Waals surface area contributed by atoms with Gasteiger partial charge in [0, 0.05) is 18.8 Å². The second kappa shape index (κ2) is 5.91. The SMILES string of the molecule is FC(F)(F)c1ccc(Oc2ccc(N3CCCC3)cc2)cc1. The molecule has 1 fully saturated rings. The van der Waals surface area contributed by atoms with Gasteiger partial charge in [0.15, 0.2) is 0 Å². The molecule has 22 heavy (non-hydrogen) atoms. The number of hydrogen-bond acceptors (Lipinski definition) is 2. The minimum atomic E-state index is -4.32. The summed E-state index contributed by atoms with van der Waals surface area (Å²) in [7, 11) is 0. The van der Waals surface area contributed by atoms with E-state index in [1.165, 1.54) is 25.0 Å². The van der Waals surface area contributed by atoms with Crippen LogP contribution in [-0.4, -0.2) is 13.1 Å². The fourth-order valence-electron chi connectivity index (χ4n) is 2.55. The molecule has 116 valence electrons. The molecule has 0 aromatic heterocycles. The second-order valence-corrected chi connectivity index (χ2v) is 5.31. The van der Waals surface area contributed by atoms with E-state index in [0.717, 1.165) is 30.9 Å². The molecular weight excluding hydrogens is 291 g/mol. The van der Waals surface area contributed by atoms with Crippen LogP contribution in [-0.2, 0) is 6.18 Å². The van der Waals surface area contributed by atoms with Crippen molar-refractivity contribution in [3.63, 3.8) is 0 Å². The van der Waals surface area contributed by atoms with Crippen molar-refractivity contribution in [2.45, 2.75) is 19.0 Å². The highest BCUT2D eigenvalue weighted by molar-refractivity contribution is 5.50. The van der Waals surface area contributed by atoms with Crippen molar-refractivity contribution in [2.75, 3.05) is 18.0 Å². The molecule has 0 unspecified atom stereocenters. The zero-order chi connectivity index (χ0) is 15.6. The average molecular weight is 307 g/mol. The maximum atomic E-state index is 12.5. The molecule has 0 spiro atoms. The number of rotatable bonds is 3. The van der Waals surface area contributed by atoms with Gasteiger partial charge in [-0.1, -0.05) is 0 Å². The maximum absolute atomic E-state index is 12.5.